The molecule has 0 amide bonds. The van der Waals surface area contributed by atoms with Gasteiger partial charge < -0.3 is 0 Å². The molecule has 0 saturated heterocycles. The van der Waals surface area contributed by atoms with Crippen molar-refractivity contribution < 1.29 is 8.78 Å². The average Bonchev–Trinajstić information content (AvgIpc) is 2.66. The molecule has 26 heavy (non-hydrogen) atoms. The van der Waals surface area contributed by atoms with Crippen LogP contribution in [0.1, 0.15) is 5.56 Å². The van der Waals surface area contributed by atoms with Crippen molar-refractivity contribution in [2.45, 2.75) is 6.54 Å². The van der Waals surface area contributed by atoms with Gasteiger partial charge in [-0.2, -0.15) is 0 Å². The maximum Gasteiger partial charge on any atom is 0.269 e. The highest BCUT2D eigenvalue weighted by atomic mass is 19.1. The summed E-state index contributed by atoms with van der Waals surface area (Å²) in [5.74, 6) is -1.46. The summed E-state index contributed by atoms with van der Waals surface area (Å²) in [6.45, 7) is -0.255. The molecule has 0 fully saturated rings. The van der Waals surface area contributed by atoms with Crippen molar-refractivity contribution >= 4 is 11.2 Å². The van der Waals surface area contributed by atoms with Crippen LogP contribution in [0.3, 0.4) is 0 Å². The maximum absolute atomic E-state index is 14.6. The third-order valence-electron chi connectivity index (χ3n) is 4.07. The Balaban J connectivity index is 1.81. The first-order valence-corrected chi connectivity index (χ1v) is 7.82. The van der Waals surface area contributed by atoms with Gasteiger partial charge in [-0.05, 0) is 35.9 Å². The Kier molecular flexibility index (Phi) is 3.96. The van der Waals surface area contributed by atoms with Gasteiger partial charge in [0.25, 0.3) is 5.56 Å². The van der Waals surface area contributed by atoms with Crippen molar-refractivity contribution in [1.82, 2.24) is 19.5 Å². The number of aromatic nitrogens is 4. The summed E-state index contributed by atoms with van der Waals surface area (Å²) >= 11 is 0. The summed E-state index contributed by atoms with van der Waals surface area (Å²) in [6.07, 6.45) is 5.74. The van der Waals surface area contributed by atoms with E-state index in [0.717, 1.165) is 6.20 Å². The van der Waals surface area contributed by atoms with Crippen LogP contribution in [0.25, 0.3) is 22.3 Å². The predicted molar refractivity (Wildman–Crippen MR) is 92.5 cm³/mol. The summed E-state index contributed by atoms with van der Waals surface area (Å²) in [5, 5.41) is 0. The van der Waals surface area contributed by atoms with E-state index < -0.39 is 17.2 Å². The predicted octanol–water partition coefficient (Wildman–Crippen LogP) is 3.18. The highest BCUT2D eigenvalue weighted by Crippen LogP contribution is 2.24. The second-order valence-electron chi connectivity index (χ2n) is 5.69. The zero-order chi connectivity index (χ0) is 18.1. The number of halogens is 2. The monoisotopic (exact) mass is 350 g/mol. The van der Waals surface area contributed by atoms with Crippen molar-refractivity contribution in [2.24, 2.45) is 0 Å². The Morgan fingerprint density at radius 1 is 0.923 bits per heavy atom. The molecule has 5 nitrogen and oxygen atoms in total. The molecule has 0 N–H and O–H groups in total. The SMILES string of the molecule is O=c1cnc2ncccc2n1Cc1c(F)cc(-c2cccnc2)cc1F. The minimum atomic E-state index is -0.732. The first-order valence-electron chi connectivity index (χ1n) is 7.82. The van der Waals surface area contributed by atoms with E-state index >= 15 is 0 Å². The summed E-state index contributed by atoms with van der Waals surface area (Å²) in [7, 11) is 0. The summed E-state index contributed by atoms with van der Waals surface area (Å²) in [5.41, 5.74) is 1.07. The minimum absolute atomic E-state index is 0.198. The van der Waals surface area contributed by atoms with Crippen LogP contribution in [0.15, 0.2) is 66.0 Å². The van der Waals surface area contributed by atoms with Gasteiger partial charge in [0.1, 0.15) is 11.6 Å². The number of nitrogens with zero attached hydrogens (tertiary/aromatic N) is 4. The number of hydrogen-bond donors (Lipinski definition) is 0. The van der Waals surface area contributed by atoms with Crippen molar-refractivity contribution in [3.05, 3.63) is 88.7 Å². The quantitative estimate of drug-likeness (QED) is 0.569. The van der Waals surface area contributed by atoms with Crippen LogP contribution in [0.4, 0.5) is 8.78 Å². The van der Waals surface area contributed by atoms with E-state index in [9.17, 15) is 13.6 Å². The number of rotatable bonds is 3. The fraction of sp³-hybridized carbons (Fsp3) is 0.0526. The lowest BCUT2D eigenvalue weighted by Crippen LogP contribution is -2.22. The van der Waals surface area contributed by atoms with Crippen LogP contribution in [-0.4, -0.2) is 19.5 Å². The highest BCUT2D eigenvalue weighted by Gasteiger charge is 2.15. The second-order valence-corrected chi connectivity index (χ2v) is 5.69. The molecular formula is C19H12F2N4O. The highest BCUT2D eigenvalue weighted by molar-refractivity contribution is 5.69. The molecule has 7 heteroatoms. The molecule has 1 aromatic carbocycles. The van der Waals surface area contributed by atoms with E-state index in [4.69, 9.17) is 0 Å². The minimum Gasteiger partial charge on any atom is -0.299 e. The zero-order valence-electron chi connectivity index (χ0n) is 13.4. The van der Waals surface area contributed by atoms with Gasteiger partial charge in [-0.15, -0.1) is 0 Å². The van der Waals surface area contributed by atoms with Crippen molar-refractivity contribution in [2.75, 3.05) is 0 Å². The molecule has 0 aliphatic carbocycles. The molecule has 0 spiro atoms. The van der Waals surface area contributed by atoms with E-state index in [1.54, 1.807) is 30.5 Å². The molecule has 0 aliphatic rings. The van der Waals surface area contributed by atoms with Crippen LogP contribution in [0.2, 0.25) is 0 Å². The van der Waals surface area contributed by atoms with Crippen LogP contribution >= 0.6 is 0 Å². The lowest BCUT2D eigenvalue weighted by Gasteiger charge is -2.12. The van der Waals surface area contributed by atoms with Crippen molar-refractivity contribution in [3.63, 3.8) is 0 Å². The zero-order valence-corrected chi connectivity index (χ0v) is 13.4. The van der Waals surface area contributed by atoms with E-state index in [0.29, 0.717) is 22.3 Å². The lowest BCUT2D eigenvalue weighted by molar-refractivity contribution is 0.545. The van der Waals surface area contributed by atoms with Gasteiger partial charge in [0.05, 0.1) is 18.3 Å². The first-order chi connectivity index (χ1) is 12.6. The largest absolute Gasteiger partial charge is 0.299 e. The Labute approximate surface area is 146 Å². The van der Waals surface area contributed by atoms with Gasteiger partial charge >= 0.3 is 0 Å². The molecule has 4 rings (SSSR count). The molecule has 0 unspecified atom stereocenters. The number of benzene rings is 1. The molecule has 4 aromatic rings. The van der Waals surface area contributed by atoms with Gasteiger partial charge in [-0.1, -0.05) is 6.07 Å². The van der Waals surface area contributed by atoms with Crippen molar-refractivity contribution in [3.8, 4) is 11.1 Å². The molecule has 3 aromatic heterocycles. The van der Waals surface area contributed by atoms with E-state index in [1.165, 1.54) is 29.1 Å². The molecule has 0 aliphatic heterocycles. The fourth-order valence-electron chi connectivity index (χ4n) is 2.78. The Morgan fingerprint density at radius 3 is 2.42 bits per heavy atom. The third kappa shape index (κ3) is 2.83. The third-order valence-corrected chi connectivity index (χ3v) is 4.07. The Morgan fingerprint density at radius 2 is 1.69 bits per heavy atom. The molecule has 0 saturated carbocycles. The van der Waals surface area contributed by atoms with E-state index in [1.807, 2.05) is 0 Å². The number of fused-ring (bicyclic) bond motifs is 1. The molecular weight excluding hydrogens is 338 g/mol. The second kappa shape index (κ2) is 6.44. The summed E-state index contributed by atoms with van der Waals surface area (Å²) in [4.78, 5) is 24.1. The normalized spacial score (nSPS) is 11.0. The molecule has 128 valence electrons. The molecule has 3 heterocycles. The van der Waals surface area contributed by atoms with Gasteiger partial charge in [0.2, 0.25) is 0 Å². The topological polar surface area (TPSA) is 60.7 Å². The van der Waals surface area contributed by atoms with Gasteiger partial charge in [0.15, 0.2) is 5.65 Å². The van der Waals surface area contributed by atoms with E-state index in [-0.39, 0.29) is 12.1 Å². The maximum atomic E-state index is 14.6. The van der Waals surface area contributed by atoms with Crippen molar-refractivity contribution in [1.29, 1.82) is 0 Å². The first kappa shape index (κ1) is 16.0. The lowest BCUT2D eigenvalue weighted by atomic mass is 10.0. The van der Waals surface area contributed by atoms with Gasteiger partial charge in [-0.25, -0.2) is 18.7 Å². The number of pyridine rings is 2. The fourth-order valence-corrected chi connectivity index (χ4v) is 2.78. The van der Waals surface area contributed by atoms with Gasteiger partial charge in [-0.3, -0.25) is 14.3 Å². The molecule has 0 radical (unpaired) electrons. The van der Waals surface area contributed by atoms with Crippen LogP contribution < -0.4 is 5.56 Å². The smallest absolute Gasteiger partial charge is 0.269 e. The Hall–Kier alpha value is -3.48. The van der Waals surface area contributed by atoms with Gasteiger partial charge in [0, 0.05) is 29.7 Å². The average molecular weight is 350 g/mol. The number of hydrogen-bond acceptors (Lipinski definition) is 4. The van der Waals surface area contributed by atoms with Crippen LogP contribution in [-0.2, 0) is 6.54 Å². The summed E-state index contributed by atoms with van der Waals surface area (Å²) < 4.78 is 30.5. The molecule has 0 bridgehead atoms. The van der Waals surface area contributed by atoms with Crippen LogP contribution in [0, 0.1) is 11.6 Å². The van der Waals surface area contributed by atoms with Crippen LogP contribution in [0.5, 0.6) is 0 Å². The standard InChI is InChI=1S/C19H12F2N4O/c20-15-7-13(12-3-1-5-22-9-12)8-16(21)14(15)11-25-17-4-2-6-23-19(17)24-10-18(25)26/h1-10H,11H2. The van der Waals surface area contributed by atoms with E-state index in [2.05, 4.69) is 15.0 Å². The summed E-state index contributed by atoms with van der Waals surface area (Å²) in [6, 6.07) is 9.15. The Bertz CT molecular complexity index is 1140. The molecule has 0 atom stereocenters.